The maximum absolute atomic E-state index is 11.2. The molecule has 0 spiro atoms. The first kappa shape index (κ1) is 18.9. The van der Waals surface area contributed by atoms with Crippen LogP contribution in [0.25, 0.3) is 28.5 Å². The van der Waals surface area contributed by atoms with Crippen LogP contribution in [0.1, 0.15) is 33.5 Å². The van der Waals surface area contributed by atoms with Crippen molar-refractivity contribution in [1.82, 2.24) is 10.2 Å². The molecule has 0 radical (unpaired) electrons. The van der Waals surface area contributed by atoms with Crippen LogP contribution in [0.3, 0.4) is 0 Å². The van der Waals surface area contributed by atoms with Gasteiger partial charge in [0.15, 0.2) is 5.78 Å². The molecular formula is C27H20N2O2. The summed E-state index contributed by atoms with van der Waals surface area (Å²) < 4.78 is 0. The van der Waals surface area contributed by atoms with Crippen molar-refractivity contribution >= 4 is 11.9 Å². The van der Waals surface area contributed by atoms with Gasteiger partial charge in [0, 0.05) is 29.5 Å². The predicted molar refractivity (Wildman–Crippen MR) is 122 cm³/mol. The van der Waals surface area contributed by atoms with E-state index in [2.05, 4.69) is 34.5 Å². The molecule has 2 aliphatic rings. The van der Waals surface area contributed by atoms with Crippen LogP contribution >= 0.6 is 0 Å². The topological polar surface area (TPSA) is 63.1 Å². The molecule has 150 valence electrons. The van der Waals surface area contributed by atoms with Crippen LogP contribution in [0.15, 0.2) is 85.1 Å². The highest BCUT2D eigenvalue weighted by molar-refractivity contribution is 6.02. The minimum Gasteiger partial charge on any atom is -0.508 e. The summed E-state index contributed by atoms with van der Waals surface area (Å²) in [6.07, 6.45) is 7.21. The average Bonchev–Trinajstić information content (AvgIpc) is 3.19. The highest BCUT2D eigenvalue weighted by Crippen LogP contribution is 2.41. The number of rotatable bonds is 1. The number of fused-ring (bicyclic) bond motifs is 4. The van der Waals surface area contributed by atoms with E-state index >= 15 is 0 Å². The SMILES string of the molecule is O=C1CC=Cc2ccccc21.Oc1ccc(-c2nncc3c2-c2ccccc2C3)cc1. The predicted octanol–water partition coefficient (Wildman–Crippen LogP) is 5.71. The highest BCUT2D eigenvalue weighted by Gasteiger charge is 2.23. The molecule has 0 aliphatic heterocycles. The smallest absolute Gasteiger partial charge is 0.167 e. The van der Waals surface area contributed by atoms with Gasteiger partial charge >= 0.3 is 0 Å². The Labute approximate surface area is 180 Å². The van der Waals surface area contributed by atoms with Crippen molar-refractivity contribution < 1.29 is 9.90 Å². The number of allylic oxidation sites excluding steroid dienone is 1. The van der Waals surface area contributed by atoms with E-state index in [9.17, 15) is 9.90 Å². The Morgan fingerprint density at radius 1 is 0.806 bits per heavy atom. The molecule has 31 heavy (non-hydrogen) atoms. The van der Waals surface area contributed by atoms with Crippen molar-refractivity contribution in [2.24, 2.45) is 0 Å². The molecule has 1 heterocycles. The summed E-state index contributed by atoms with van der Waals surface area (Å²) in [6.45, 7) is 0. The number of benzene rings is 3. The zero-order chi connectivity index (χ0) is 21.2. The summed E-state index contributed by atoms with van der Waals surface area (Å²) in [6, 6.07) is 23.2. The van der Waals surface area contributed by atoms with Gasteiger partial charge in [-0.2, -0.15) is 5.10 Å². The minimum absolute atomic E-state index is 0.225. The van der Waals surface area contributed by atoms with Crippen molar-refractivity contribution in [3.63, 3.8) is 0 Å². The van der Waals surface area contributed by atoms with Gasteiger partial charge in [-0.3, -0.25) is 4.79 Å². The molecule has 3 aromatic carbocycles. The maximum Gasteiger partial charge on any atom is 0.167 e. The number of hydrogen-bond acceptors (Lipinski definition) is 4. The van der Waals surface area contributed by atoms with Gasteiger partial charge in [0.1, 0.15) is 11.4 Å². The minimum atomic E-state index is 0.225. The second-order valence-corrected chi connectivity index (χ2v) is 7.59. The molecule has 0 saturated heterocycles. The Morgan fingerprint density at radius 3 is 2.35 bits per heavy atom. The summed E-state index contributed by atoms with van der Waals surface area (Å²) in [5.41, 5.74) is 8.69. The van der Waals surface area contributed by atoms with E-state index in [-0.39, 0.29) is 11.5 Å². The van der Waals surface area contributed by atoms with E-state index in [0.29, 0.717) is 6.42 Å². The monoisotopic (exact) mass is 404 g/mol. The van der Waals surface area contributed by atoms with E-state index in [1.807, 2.05) is 54.7 Å². The van der Waals surface area contributed by atoms with Gasteiger partial charge < -0.3 is 5.11 Å². The first-order valence-electron chi connectivity index (χ1n) is 10.2. The number of carbonyl (C=O) groups is 1. The molecule has 0 unspecified atom stereocenters. The number of aromatic hydroxyl groups is 1. The van der Waals surface area contributed by atoms with E-state index in [4.69, 9.17) is 0 Å². The van der Waals surface area contributed by atoms with E-state index in [1.54, 1.807) is 12.1 Å². The third kappa shape index (κ3) is 3.64. The fourth-order valence-corrected chi connectivity index (χ4v) is 4.10. The molecule has 0 amide bonds. The Morgan fingerprint density at radius 2 is 1.55 bits per heavy atom. The molecule has 1 aromatic heterocycles. The number of nitrogens with zero attached hydrogens (tertiary/aromatic N) is 2. The molecular weight excluding hydrogens is 384 g/mol. The summed E-state index contributed by atoms with van der Waals surface area (Å²) in [7, 11) is 0. The molecule has 6 rings (SSSR count). The number of aromatic nitrogens is 2. The van der Waals surface area contributed by atoms with Crippen molar-refractivity contribution in [2.45, 2.75) is 12.8 Å². The lowest BCUT2D eigenvalue weighted by molar-refractivity contribution is 0.0994. The lowest BCUT2D eigenvalue weighted by Gasteiger charge is -2.07. The highest BCUT2D eigenvalue weighted by atomic mass is 16.3. The largest absolute Gasteiger partial charge is 0.508 e. The number of ketones is 1. The van der Waals surface area contributed by atoms with Crippen molar-refractivity contribution in [3.05, 3.63) is 107 Å². The van der Waals surface area contributed by atoms with E-state index < -0.39 is 0 Å². The number of hydrogen-bond donors (Lipinski definition) is 1. The zero-order valence-electron chi connectivity index (χ0n) is 16.8. The molecule has 0 bridgehead atoms. The second kappa shape index (κ2) is 8.00. The Hall–Kier alpha value is -4.05. The standard InChI is InChI=1S/C17H12N2O.C10H8O/c20-14-7-5-11(6-8-14)17-16-13(10-18-19-17)9-12-3-1-2-4-15(12)16;11-10-7-3-5-8-4-1-2-6-9(8)10/h1-8,10,20H,9H2;1-6H,7H2. The first-order chi connectivity index (χ1) is 15.2. The average molecular weight is 404 g/mol. The maximum atomic E-state index is 11.2. The second-order valence-electron chi connectivity index (χ2n) is 7.59. The number of phenolic OH excluding ortho intramolecular Hbond substituents is 1. The summed E-state index contributed by atoms with van der Waals surface area (Å²) in [5, 5.41) is 17.9. The third-order valence-electron chi connectivity index (χ3n) is 5.60. The van der Waals surface area contributed by atoms with Gasteiger partial charge in [-0.25, -0.2) is 0 Å². The Kier molecular flexibility index (Phi) is 4.89. The Balaban J connectivity index is 0.000000157. The fraction of sp³-hybridized carbons (Fsp3) is 0.0741. The number of phenols is 1. The van der Waals surface area contributed by atoms with Gasteiger partial charge in [0.25, 0.3) is 0 Å². The van der Waals surface area contributed by atoms with Crippen LogP contribution < -0.4 is 0 Å². The van der Waals surface area contributed by atoms with Crippen LogP contribution in [-0.4, -0.2) is 21.1 Å². The third-order valence-corrected chi connectivity index (χ3v) is 5.60. The van der Waals surface area contributed by atoms with Gasteiger partial charge in [0.2, 0.25) is 0 Å². The van der Waals surface area contributed by atoms with Crippen molar-refractivity contribution in [2.75, 3.05) is 0 Å². The van der Waals surface area contributed by atoms with E-state index in [1.165, 1.54) is 22.3 Å². The molecule has 1 N–H and O–H groups in total. The Bertz CT molecular complexity index is 1310. The van der Waals surface area contributed by atoms with Gasteiger partial charge in [-0.05, 0) is 46.5 Å². The lowest BCUT2D eigenvalue weighted by atomic mass is 9.97. The summed E-state index contributed by atoms with van der Waals surface area (Å²) in [5.74, 6) is 0.484. The molecule has 2 aliphatic carbocycles. The zero-order valence-corrected chi connectivity index (χ0v) is 16.8. The normalized spacial score (nSPS) is 13.0. The fourth-order valence-electron chi connectivity index (χ4n) is 4.10. The van der Waals surface area contributed by atoms with Crippen LogP contribution in [0.5, 0.6) is 5.75 Å². The summed E-state index contributed by atoms with van der Waals surface area (Å²) in [4.78, 5) is 11.2. The van der Waals surface area contributed by atoms with Crippen LogP contribution in [0, 0.1) is 0 Å². The molecule has 4 aromatic rings. The van der Waals surface area contributed by atoms with Gasteiger partial charge in [-0.1, -0.05) is 60.7 Å². The van der Waals surface area contributed by atoms with E-state index in [0.717, 1.165) is 28.8 Å². The van der Waals surface area contributed by atoms with Gasteiger partial charge in [-0.15, -0.1) is 5.10 Å². The number of Topliss-reactive ketones (excluding diaryl/α,β-unsaturated/α-hetero) is 1. The van der Waals surface area contributed by atoms with Crippen molar-refractivity contribution in [3.8, 4) is 28.1 Å². The van der Waals surface area contributed by atoms with Crippen LogP contribution in [0.4, 0.5) is 0 Å². The molecule has 0 fully saturated rings. The quantitative estimate of drug-likeness (QED) is 0.389. The first-order valence-corrected chi connectivity index (χ1v) is 10.2. The summed E-state index contributed by atoms with van der Waals surface area (Å²) >= 11 is 0. The molecule has 4 heteroatoms. The van der Waals surface area contributed by atoms with Crippen LogP contribution in [0.2, 0.25) is 0 Å². The van der Waals surface area contributed by atoms with Crippen molar-refractivity contribution in [1.29, 1.82) is 0 Å². The van der Waals surface area contributed by atoms with Gasteiger partial charge in [0.05, 0.1) is 6.20 Å². The lowest BCUT2D eigenvalue weighted by Crippen LogP contribution is -2.02. The molecule has 0 atom stereocenters. The molecule has 4 nitrogen and oxygen atoms in total. The van der Waals surface area contributed by atoms with Crippen LogP contribution in [-0.2, 0) is 6.42 Å². The number of carbonyl (C=O) groups excluding carboxylic acids is 1. The molecule has 0 saturated carbocycles.